The van der Waals surface area contributed by atoms with Crippen LogP contribution in [0.4, 0.5) is 4.79 Å². The second kappa shape index (κ2) is 5.05. The van der Waals surface area contributed by atoms with E-state index in [2.05, 4.69) is 5.32 Å². The summed E-state index contributed by atoms with van der Waals surface area (Å²) in [7, 11) is 0. The highest BCUT2D eigenvalue weighted by Gasteiger charge is 2.38. The minimum Gasteiger partial charge on any atom is -0.444 e. The number of nitrogens with one attached hydrogen (secondary N) is 1. The molecule has 5 nitrogen and oxygen atoms in total. The van der Waals surface area contributed by atoms with Crippen molar-refractivity contribution in [3.05, 3.63) is 0 Å². The summed E-state index contributed by atoms with van der Waals surface area (Å²) in [6.45, 7) is 9.63. The zero-order chi connectivity index (χ0) is 13.2. The number of ether oxygens (including phenoxy) is 2. The fourth-order valence-corrected chi connectivity index (χ4v) is 2.47. The standard InChI is InChI=1S/C13H24N2O3/c1-12(2,3)18-11(16)15-7-4-13(5-8-15)10-17-9-6-14-13/h14H,4-10H2,1-3H3. The van der Waals surface area contributed by atoms with Crippen LogP contribution in [0.25, 0.3) is 0 Å². The second-order valence-electron chi connectivity index (χ2n) is 6.23. The highest BCUT2D eigenvalue weighted by atomic mass is 16.6. The number of piperidine rings is 1. The molecule has 0 saturated carbocycles. The van der Waals surface area contributed by atoms with Crippen LogP contribution >= 0.6 is 0 Å². The Kier molecular flexibility index (Phi) is 3.82. The normalized spacial score (nSPS) is 24.1. The Bertz CT molecular complexity index is 296. The Hall–Kier alpha value is -0.810. The first kappa shape index (κ1) is 13.6. The van der Waals surface area contributed by atoms with Gasteiger partial charge in [-0.25, -0.2) is 4.79 Å². The molecule has 0 aromatic rings. The van der Waals surface area contributed by atoms with Gasteiger partial charge in [-0.1, -0.05) is 0 Å². The van der Waals surface area contributed by atoms with Gasteiger partial charge in [0.15, 0.2) is 0 Å². The van der Waals surface area contributed by atoms with Crippen LogP contribution < -0.4 is 5.32 Å². The molecule has 2 fully saturated rings. The van der Waals surface area contributed by atoms with Gasteiger partial charge in [-0.3, -0.25) is 0 Å². The van der Waals surface area contributed by atoms with Gasteiger partial charge in [0.2, 0.25) is 0 Å². The summed E-state index contributed by atoms with van der Waals surface area (Å²) >= 11 is 0. The summed E-state index contributed by atoms with van der Waals surface area (Å²) < 4.78 is 10.9. The number of hydrogen-bond donors (Lipinski definition) is 1. The van der Waals surface area contributed by atoms with Crippen LogP contribution in [-0.2, 0) is 9.47 Å². The molecule has 2 aliphatic rings. The first-order chi connectivity index (χ1) is 8.40. The van der Waals surface area contributed by atoms with Crippen molar-refractivity contribution in [2.45, 2.75) is 44.8 Å². The van der Waals surface area contributed by atoms with Gasteiger partial charge in [-0.05, 0) is 33.6 Å². The highest BCUT2D eigenvalue weighted by molar-refractivity contribution is 5.68. The molecule has 2 heterocycles. The van der Waals surface area contributed by atoms with E-state index in [4.69, 9.17) is 9.47 Å². The first-order valence-corrected chi connectivity index (χ1v) is 6.71. The third kappa shape index (κ3) is 3.36. The van der Waals surface area contributed by atoms with Crippen LogP contribution in [0, 0.1) is 0 Å². The molecule has 2 saturated heterocycles. The zero-order valence-corrected chi connectivity index (χ0v) is 11.6. The predicted molar refractivity (Wildman–Crippen MR) is 68.6 cm³/mol. The van der Waals surface area contributed by atoms with Crippen LogP contribution in [-0.4, -0.2) is 55.0 Å². The lowest BCUT2D eigenvalue weighted by Gasteiger charge is -2.44. The maximum absolute atomic E-state index is 11.9. The van der Waals surface area contributed by atoms with Crippen LogP contribution in [0.1, 0.15) is 33.6 Å². The Morgan fingerprint density at radius 2 is 2.00 bits per heavy atom. The number of carbonyl (C=O) groups is 1. The smallest absolute Gasteiger partial charge is 0.410 e. The maximum Gasteiger partial charge on any atom is 0.410 e. The predicted octanol–water partition coefficient (Wildman–Crippen LogP) is 1.38. The second-order valence-corrected chi connectivity index (χ2v) is 6.23. The summed E-state index contributed by atoms with van der Waals surface area (Å²) in [6, 6.07) is 0. The van der Waals surface area contributed by atoms with E-state index in [1.165, 1.54) is 0 Å². The molecule has 104 valence electrons. The highest BCUT2D eigenvalue weighted by Crippen LogP contribution is 2.25. The summed E-state index contributed by atoms with van der Waals surface area (Å²) in [4.78, 5) is 13.7. The van der Waals surface area contributed by atoms with Gasteiger partial charge in [0.05, 0.1) is 13.2 Å². The number of hydrogen-bond acceptors (Lipinski definition) is 4. The molecular weight excluding hydrogens is 232 g/mol. The van der Waals surface area contributed by atoms with Crippen molar-refractivity contribution in [2.75, 3.05) is 32.8 Å². The molecule has 0 atom stereocenters. The number of likely N-dealkylation sites (tertiary alicyclic amines) is 1. The summed E-state index contributed by atoms with van der Waals surface area (Å²) in [5.41, 5.74) is -0.338. The minimum atomic E-state index is -0.418. The average Bonchev–Trinajstić information content (AvgIpc) is 2.28. The van der Waals surface area contributed by atoms with Gasteiger partial charge in [0.1, 0.15) is 5.60 Å². The van der Waals surface area contributed by atoms with Crippen molar-refractivity contribution < 1.29 is 14.3 Å². The van der Waals surface area contributed by atoms with Crippen molar-refractivity contribution in [3.8, 4) is 0 Å². The molecule has 0 aromatic carbocycles. The molecule has 2 aliphatic heterocycles. The van der Waals surface area contributed by atoms with Gasteiger partial charge in [0, 0.05) is 25.2 Å². The Morgan fingerprint density at radius 1 is 1.33 bits per heavy atom. The van der Waals surface area contributed by atoms with E-state index in [1.54, 1.807) is 4.90 Å². The van der Waals surface area contributed by atoms with Crippen LogP contribution in [0.15, 0.2) is 0 Å². The van der Waals surface area contributed by atoms with E-state index in [0.29, 0.717) is 0 Å². The van der Waals surface area contributed by atoms with E-state index in [-0.39, 0.29) is 11.6 Å². The van der Waals surface area contributed by atoms with Crippen molar-refractivity contribution in [1.82, 2.24) is 10.2 Å². The minimum absolute atomic E-state index is 0.0801. The molecule has 0 unspecified atom stereocenters. The monoisotopic (exact) mass is 256 g/mol. The fourth-order valence-electron chi connectivity index (χ4n) is 2.47. The Balaban J connectivity index is 1.84. The van der Waals surface area contributed by atoms with Crippen molar-refractivity contribution >= 4 is 6.09 Å². The lowest BCUT2D eigenvalue weighted by Crippen LogP contribution is -2.60. The lowest BCUT2D eigenvalue weighted by atomic mass is 9.87. The van der Waals surface area contributed by atoms with Crippen LogP contribution in [0.3, 0.4) is 0 Å². The molecule has 1 amide bonds. The Labute approximate surface area is 109 Å². The number of morpholine rings is 1. The van der Waals surface area contributed by atoms with Gasteiger partial charge in [-0.2, -0.15) is 0 Å². The summed E-state index contributed by atoms with van der Waals surface area (Å²) in [5.74, 6) is 0. The number of nitrogens with zero attached hydrogens (tertiary/aromatic N) is 1. The SMILES string of the molecule is CC(C)(C)OC(=O)N1CCC2(CC1)COCCN2. The molecule has 1 spiro atoms. The number of rotatable bonds is 0. The number of carbonyl (C=O) groups excluding carboxylic acids is 1. The number of amides is 1. The summed E-state index contributed by atoms with van der Waals surface area (Å²) in [5, 5.41) is 3.54. The van der Waals surface area contributed by atoms with E-state index in [9.17, 15) is 4.79 Å². The van der Waals surface area contributed by atoms with E-state index >= 15 is 0 Å². The van der Waals surface area contributed by atoms with Gasteiger partial charge < -0.3 is 19.7 Å². The van der Waals surface area contributed by atoms with Crippen molar-refractivity contribution in [1.29, 1.82) is 0 Å². The van der Waals surface area contributed by atoms with Crippen LogP contribution in [0.2, 0.25) is 0 Å². The van der Waals surface area contributed by atoms with Gasteiger partial charge >= 0.3 is 6.09 Å². The zero-order valence-electron chi connectivity index (χ0n) is 11.6. The fraction of sp³-hybridized carbons (Fsp3) is 0.923. The molecular formula is C13H24N2O3. The maximum atomic E-state index is 11.9. The van der Waals surface area contributed by atoms with E-state index in [0.717, 1.165) is 45.7 Å². The average molecular weight is 256 g/mol. The van der Waals surface area contributed by atoms with Crippen molar-refractivity contribution in [3.63, 3.8) is 0 Å². The topological polar surface area (TPSA) is 50.8 Å². The molecule has 18 heavy (non-hydrogen) atoms. The molecule has 0 radical (unpaired) electrons. The van der Waals surface area contributed by atoms with Gasteiger partial charge in [-0.15, -0.1) is 0 Å². The molecule has 0 bridgehead atoms. The largest absolute Gasteiger partial charge is 0.444 e. The molecule has 5 heteroatoms. The summed E-state index contributed by atoms with van der Waals surface area (Å²) in [6.07, 6.45) is 1.67. The van der Waals surface area contributed by atoms with Crippen molar-refractivity contribution in [2.24, 2.45) is 0 Å². The molecule has 1 N–H and O–H groups in total. The lowest BCUT2D eigenvalue weighted by molar-refractivity contribution is -0.0175. The van der Waals surface area contributed by atoms with E-state index in [1.807, 2.05) is 20.8 Å². The third-order valence-corrected chi connectivity index (χ3v) is 3.50. The Morgan fingerprint density at radius 3 is 2.50 bits per heavy atom. The van der Waals surface area contributed by atoms with Gasteiger partial charge in [0.25, 0.3) is 0 Å². The quantitative estimate of drug-likeness (QED) is 0.711. The van der Waals surface area contributed by atoms with Crippen LogP contribution in [0.5, 0.6) is 0 Å². The molecule has 0 aromatic heterocycles. The third-order valence-electron chi connectivity index (χ3n) is 3.50. The van der Waals surface area contributed by atoms with E-state index < -0.39 is 5.60 Å². The molecule has 0 aliphatic carbocycles. The first-order valence-electron chi connectivity index (χ1n) is 6.71. The molecule has 2 rings (SSSR count).